The van der Waals surface area contributed by atoms with Crippen LogP contribution in [0.3, 0.4) is 0 Å². The molecule has 0 aliphatic carbocycles. The molecule has 0 N–H and O–H groups in total. The van der Waals surface area contributed by atoms with Crippen molar-refractivity contribution in [2.45, 2.75) is 36.5 Å². The van der Waals surface area contributed by atoms with E-state index < -0.39 is 15.1 Å². The summed E-state index contributed by atoms with van der Waals surface area (Å²) in [7, 11) is -3.29. The van der Waals surface area contributed by atoms with Crippen LogP contribution in [-0.4, -0.2) is 48.7 Å². The average molecular weight is 453 g/mol. The quantitative estimate of drug-likeness (QED) is 0.673. The van der Waals surface area contributed by atoms with Gasteiger partial charge in [0.25, 0.3) is 0 Å². The molecule has 0 spiro atoms. The van der Waals surface area contributed by atoms with Gasteiger partial charge in [0.1, 0.15) is 6.10 Å². The third kappa shape index (κ3) is 4.50. The highest BCUT2D eigenvalue weighted by Gasteiger charge is 2.32. The molecular weight excluding hydrogens is 432 g/mol. The van der Waals surface area contributed by atoms with E-state index in [1.54, 1.807) is 49.2 Å². The van der Waals surface area contributed by atoms with Crippen molar-refractivity contribution in [3.05, 3.63) is 52.6 Å². The van der Waals surface area contributed by atoms with Crippen molar-refractivity contribution >= 4 is 31.7 Å². The Kier molecular flexibility index (Phi) is 5.86. The molecule has 1 saturated heterocycles. The number of sulfone groups is 1. The lowest BCUT2D eigenvalue weighted by Crippen LogP contribution is -2.56. The smallest absolute Gasteiger partial charge is 0.228 e. The van der Waals surface area contributed by atoms with Crippen LogP contribution in [0.5, 0.6) is 5.88 Å². The predicted molar refractivity (Wildman–Crippen MR) is 105 cm³/mol. The lowest BCUT2D eigenvalue weighted by Gasteiger charge is -2.38. The maximum atomic E-state index is 12.4. The molecule has 1 aromatic heterocycles. The zero-order chi connectivity index (χ0) is 19.6. The first-order valence-corrected chi connectivity index (χ1v) is 11.0. The van der Waals surface area contributed by atoms with E-state index >= 15 is 0 Å². The molecular formula is C19H21BrN2O4S. The topological polar surface area (TPSA) is 76.6 Å². The largest absolute Gasteiger partial charge is 0.470 e. The van der Waals surface area contributed by atoms with Crippen LogP contribution in [0, 0.1) is 0 Å². The van der Waals surface area contributed by atoms with Crippen molar-refractivity contribution in [2.75, 3.05) is 13.1 Å². The van der Waals surface area contributed by atoms with Gasteiger partial charge < -0.3 is 9.64 Å². The fourth-order valence-electron chi connectivity index (χ4n) is 2.69. The predicted octanol–water partition coefficient (Wildman–Crippen LogP) is 2.86. The van der Waals surface area contributed by atoms with E-state index in [9.17, 15) is 13.2 Å². The normalized spacial score (nSPS) is 14.9. The summed E-state index contributed by atoms with van der Waals surface area (Å²) in [6.45, 7) is 4.33. The standard InChI is InChI=1S/C19H21BrN2O4S/c1-13(2)27(24,25)16-7-5-14(6-8-16)10-18(23)22-11-15(12-22)26-19-17(20)4-3-9-21-19/h3-9,13,15H,10-12H2,1-2H3. The fraction of sp³-hybridized carbons (Fsp3) is 0.368. The Morgan fingerprint density at radius 2 is 1.93 bits per heavy atom. The fourth-order valence-corrected chi connectivity index (χ4v) is 4.10. The lowest BCUT2D eigenvalue weighted by molar-refractivity contribution is -0.139. The van der Waals surface area contributed by atoms with E-state index in [4.69, 9.17) is 4.74 Å². The van der Waals surface area contributed by atoms with Crippen LogP contribution in [0.2, 0.25) is 0 Å². The molecule has 0 unspecified atom stereocenters. The highest BCUT2D eigenvalue weighted by Crippen LogP contribution is 2.25. The van der Waals surface area contributed by atoms with Gasteiger partial charge in [-0.3, -0.25) is 4.79 Å². The maximum absolute atomic E-state index is 12.4. The SMILES string of the molecule is CC(C)S(=O)(=O)c1ccc(CC(=O)N2CC(Oc3ncccc3Br)C2)cc1. The molecule has 1 aliphatic heterocycles. The molecule has 27 heavy (non-hydrogen) atoms. The first-order valence-electron chi connectivity index (χ1n) is 8.65. The van der Waals surface area contributed by atoms with Gasteiger partial charge in [-0.25, -0.2) is 13.4 Å². The van der Waals surface area contributed by atoms with E-state index in [1.807, 2.05) is 12.1 Å². The number of hydrogen-bond acceptors (Lipinski definition) is 5. The van der Waals surface area contributed by atoms with Crippen molar-refractivity contribution in [3.8, 4) is 5.88 Å². The Balaban J connectivity index is 1.53. The van der Waals surface area contributed by atoms with Gasteiger partial charge in [-0.1, -0.05) is 12.1 Å². The molecule has 1 aromatic carbocycles. The lowest BCUT2D eigenvalue weighted by atomic mass is 10.1. The zero-order valence-corrected chi connectivity index (χ0v) is 17.5. The minimum absolute atomic E-state index is 0.00518. The Hall–Kier alpha value is -1.93. The first-order chi connectivity index (χ1) is 12.8. The van der Waals surface area contributed by atoms with Crippen LogP contribution in [0.4, 0.5) is 0 Å². The van der Waals surface area contributed by atoms with E-state index in [-0.39, 0.29) is 23.3 Å². The van der Waals surface area contributed by atoms with Crippen molar-refractivity contribution in [1.29, 1.82) is 0 Å². The van der Waals surface area contributed by atoms with Gasteiger partial charge in [-0.05, 0) is 59.6 Å². The Bertz CT molecular complexity index is 923. The molecule has 0 radical (unpaired) electrons. The number of ether oxygens (including phenoxy) is 1. The van der Waals surface area contributed by atoms with Crippen molar-refractivity contribution in [2.24, 2.45) is 0 Å². The van der Waals surface area contributed by atoms with Gasteiger partial charge in [0, 0.05) is 6.20 Å². The highest BCUT2D eigenvalue weighted by atomic mass is 79.9. The first kappa shape index (κ1) is 19.8. The summed E-state index contributed by atoms with van der Waals surface area (Å²) in [6.07, 6.45) is 1.83. The highest BCUT2D eigenvalue weighted by molar-refractivity contribution is 9.10. The number of halogens is 1. The molecule has 1 aliphatic rings. The van der Waals surface area contributed by atoms with Crippen LogP contribution in [0.15, 0.2) is 52.0 Å². The molecule has 1 amide bonds. The van der Waals surface area contributed by atoms with Crippen LogP contribution >= 0.6 is 15.9 Å². The van der Waals surface area contributed by atoms with Gasteiger partial charge >= 0.3 is 0 Å². The molecule has 3 rings (SSSR count). The van der Waals surface area contributed by atoms with E-state index in [2.05, 4.69) is 20.9 Å². The molecule has 0 atom stereocenters. The molecule has 2 aromatic rings. The van der Waals surface area contributed by atoms with Gasteiger partial charge in [-0.15, -0.1) is 0 Å². The Labute approximate surface area is 167 Å². The third-order valence-corrected chi connectivity index (χ3v) is 7.21. The van der Waals surface area contributed by atoms with Crippen molar-refractivity contribution in [1.82, 2.24) is 9.88 Å². The Morgan fingerprint density at radius 3 is 2.52 bits per heavy atom. The second-order valence-electron chi connectivity index (χ2n) is 6.74. The Morgan fingerprint density at radius 1 is 1.26 bits per heavy atom. The number of amides is 1. The number of benzene rings is 1. The summed E-state index contributed by atoms with van der Waals surface area (Å²) in [6, 6.07) is 10.2. The van der Waals surface area contributed by atoms with Crippen LogP contribution < -0.4 is 4.74 Å². The minimum Gasteiger partial charge on any atom is -0.470 e. The van der Waals surface area contributed by atoms with Crippen molar-refractivity contribution in [3.63, 3.8) is 0 Å². The number of pyridine rings is 1. The average Bonchev–Trinajstić information content (AvgIpc) is 2.59. The van der Waals surface area contributed by atoms with Gasteiger partial charge in [0.2, 0.25) is 11.8 Å². The summed E-state index contributed by atoms with van der Waals surface area (Å²) in [4.78, 5) is 18.5. The van der Waals surface area contributed by atoms with Gasteiger partial charge in [-0.2, -0.15) is 0 Å². The van der Waals surface area contributed by atoms with Crippen LogP contribution in [0.25, 0.3) is 0 Å². The van der Waals surface area contributed by atoms with E-state index in [0.29, 0.717) is 19.0 Å². The second-order valence-corrected chi connectivity index (χ2v) is 10.1. The summed E-state index contributed by atoms with van der Waals surface area (Å²) < 4.78 is 30.8. The van der Waals surface area contributed by atoms with Gasteiger partial charge in [0.15, 0.2) is 9.84 Å². The van der Waals surface area contributed by atoms with Crippen LogP contribution in [0.1, 0.15) is 19.4 Å². The van der Waals surface area contributed by atoms with Gasteiger partial charge in [0.05, 0.1) is 34.1 Å². The summed E-state index contributed by atoms with van der Waals surface area (Å²) >= 11 is 3.38. The summed E-state index contributed by atoms with van der Waals surface area (Å²) in [5.74, 6) is 0.519. The number of hydrogen-bond donors (Lipinski definition) is 0. The third-order valence-electron chi connectivity index (χ3n) is 4.43. The molecule has 0 bridgehead atoms. The van der Waals surface area contributed by atoms with Crippen molar-refractivity contribution < 1.29 is 17.9 Å². The monoisotopic (exact) mass is 452 g/mol. The molecule has 1 fully saturated rings. The number of rotatable bonds is 6. The molecule has 8 heteroatoms. The maximum Gasteiger partial charge on any atom is 0.228 e. The molecule has 2 heterocycles. The number of carbonyl (C=O) groups is 1. The number of carbonyl (C=O) groups excluding carboxylic acids is 1. The van der Waals surface area contributed by atoms with Crippen LogP contribution in [-0.2, 0) is 21.1 Å². The number of likely N-dealkylation sites (tertiary alicyclic amines) is 1. The van der Waals surface area contributed by atoms with E-state index in [1.165, 1.54) is 0 Å². The number of nitrogens with zero attached hydrogens (tertiary/aromatic N) is 2. The number of aromatic nitrogens is 1. The zero-order valence-electron chi connectivity index (χ0n) is 15.1. The molecule has 6 nitrogen and oxygen atoms in total. The summed E-state index contributed by atoms with van der Waals surface area (Å²) in [5, 5.41) is -0.470. The van der Waals surface area contributed by atoms with E-state index in [0.717, 1.165) is 10.0 Å². The molecule has 0 saturated carbocycles. The second kappa shape index (κ2) is 7.98. The molecule has 144 valence electrons. The summed E-state index contributed by atoms with van der Waals surface area (Å²) in [5.41, 5.74) is 0.791. The minimum atomic E-state index is -3.29.